The summed E-state index contributed by atoms with van der Waals surface area (Å²) in [5, 5.41) is 16.7. The minimum atomic E-state index is -0.389. The second-order valence-corrected chi connectivity index (χ2v) is 9.02. The lowest BCUT2D eigenvalue weighted by Gasteiger charge is -2.30. The van der Waals surface area contributed by atoms with E-state index in [1.54, 1.807) is 7.11 Å². The van der Waals surface area contributed by atoms with Crippen LogP contribution in [0.2, 0.25) is 0 Å². The van der Waals surface area contributed by atoms with Crippen LogP contribution in [0.4, 0.5) is 11.6 Å². The molecule has 2 N–H and O–H groups in total. The molecule has 2 fully saturated rings. The van der Waals surface area contributed by atoms with Gasteiger partial charge in [0.05, 0.1) is 23.3 Å². The number of aromatic nitrogens is 2. The van der Waals surface area contributed by atoms with Gasteiger partial charge in [0.25, 0.3) is 0 Å². The molecule has 1 saturated heterocycles. The van der Waals surface area contributed by atoms with Crippen LogP contribution in [-0.2, 0) is 9.47 Å². The first-order chi connectivity index (χ1) is 15.6. The molecule has 1 saturated carbocycles. The molecule has 2 aromatic rings. The first-order valence-electron chi connectivity index (χ1n) is 11.6. The van der Waals surface area contributed by atoms with Crippen molar-refractivity contribution in [3.05, 3.63) is 36.0 Å². The number of nitrogens with zero attached hydrogens (tertiary/aromatic N) is 3. The van der Waals surface area contributed by atoms with E-state index in [4.69, 9.17) is 14.5 Å². The molecule has 0 unspecified atom stereocenters. The average molecular weight is 436 g/mol. The number of methoxy groups -OCH3 is 1. The van der Waals surface area contributed by atoms with Crippen molar-refractivity contribution >= 4 is 11.6 Å². The minimum absolute atomic E-state index is 0.322. The van der Waals surface area contributed by atoms with Crippen LogP contribution in [0.1, 0.15) is 44.1 Å². The molecule has 0 amide bonds. The molecule has 2 atom stereocenters. The Labute approximate surface area is 190 Å². The number of nitriles is 1. The van der Waals surface area contributed by atoms with Crippen molar-refractivity contribution in [2.45, 2.75) is 57.6 Å². The van der Waals surface area contributed by atoms with Gasteiger partial charge in [0.2, 0.25) is 0 Å². The van der Waals surface area contributed by atoms with E-state index >= 15 is 0 Å². The number of ether oxygens (including phenoxy) is 2. The molecule has 32 heavy (non-hydrogen) atoms. The molecule has 170 valence electrons. The summed E-state index contributed by atoms with van der Waals surface area (Å²) in [5.74, 6) is 1.66. The fraction of sp³-hybridized carbons (Fsp3) is 0.560. The Morgan fingerprint density at radius 3 is 2.88 bits per heavy atom. The lowest BCUT2D eigenvalue weighted by molar-refractivity contribution is 0.0455. The zero-order valence-corrected chi connectivity index (χ0v) is 19.1. The maximum absolute atomic E-state index is 9.70. The molecule has 7 heteroatoms. The Kier molecular flexibility index (Phi) is 7.23. The standard InChI is InChI=1S/C25H33N5O2/c1-18-15-27-24(29-19-5-3-6-20(13-19)31-2)14-21(18)22-7-4-8-23(30-22)28-17-25(16-26)9-11-32-12-10-25/h4,7-8,14-15,19-20H,3,5-6,9-13,17H2,1-2H3,(H,27,29)(H,28,30)/t19-,20-/m1/s1. The van der Waals surface area contributed by atoms with Gasteiger partial charge in [0.1, 0.15) is 11.6 Å². The topological polar surface area (TPSA) is 92.1 Å². The van der Waals surface area contributed by atoms with Gasteiger partial charge in [-0.2, -0.15) is 5.26 Å². The van der Waals surface area contributed by atoms with Gasteiger partial charge in [-0.1, -0.05) is 6.07 Å². The molecule has 0 spiro atoms. The van der Waals surface area contributed by atoms with Crippen molar-refractivity contribution in [1.82, 2.24) is 9.97 Å². The van der Waals surface area contributed by atoms with Crippen molar-refractivity contribution < 1.29 is 9.47 Å². The summed E-state index contributed by atoms with van der Waals surface area (Å²) in [7, 11) is 1.79. The Bertz CT molecular complexity index is 952. The monoisotopic (exact) mass is 435 g/mol. The van der Waals surface area contributed by atoms with Crippen molar-refractivity contribution in [2.24, 2.45) is 5.41 Å². The van der Waals surface area contributed by atoms with Crippen LogP contribution in [0.25, 0.3) is 11.3 Å². The van der Waals surface area contributed by atoms with Crippen molar-refractivity contribution in [2.75, 3.05) is 37.5 Å². The number of anilines is 2. The van der Waals surface area contributed by atoms with Gasteiger partial charge in [-0.25, -0.2) is 9.97 Å². The smallest absolute Gasteiger partial charge is 0.126 e. The van der Waals surface area contributed by atoms with Gasteiger partial charge < -0.3 is 20.1 Å². The zero-order valence-electron chi connectivity index (χ0n) is 19.1. The number of hydrogen-bond acceptors (Lipinski definition) is 7. The summed E-state index contributed by atoms with van der Waals surface area (Å²) in [6.45, 7) is 3.91. The third kappa shape index (κ3) is 5.37. The van der Waals surface area contributed by atoms with Gasteiger partial charge in [0.15, 0.2) is 0 Å². The van der Waals surface area contributed by atoms with Crippen LogP contribution in [-0.4, -0.2) is 49.0 Å². The fourth-order valence-corrected chi connectivity index (χ4v) is 4.61. The summed E-state index contributed by atoms with van der Waals surface area (Å²) in [6, 6.07) is 10.9. The number of rotatable bonds is 7. The highest BCUT2D eigenvalue weighted by atomic mass is 16.5. The summed E-state index contributed by atoms with van der Waals surface area (Å²) < 4.78 is 11.0. The van der Waals surface area contributed by atoms with Crippen molar-refractivity contribution in [3.63, 3.8) is 0 Å². The zero-order chi connectivity index (χ0) is 22.4. The first-order valence-corrected chi connectivity index (χ1v) is 11.6. The first kappa shape index (κ1) is 22.5. The van der Waals surface area contributed by atoms with E-state index in [2.05, 4.69) is 34.7 Å². The molecule has 1 aliphatic carbocycles. The number of pyridine rings is 2. The lowest BCUT2D eigenvalue weighted by atomic mass is 9.82. The molecule has 3 heterocycles. The molecular formula is C25H33N5O2. The van der Waals surface area contributed by atoms with Crippen LogP contribution in [0, 0.1) is 23.7 Å². The number of hydrogen-bond donors (Lipinski definition) is 2. The summed E-state index contributed by atoms with van der Waals surface area (Å²) >= 11 is 0. The minimum Gasteiger partial charge on any atom is -0.381 e. The second kappa shape index (κ2) is 10.3. The highest BCUT2D eigenvalue weighted by Gasteiger charge is 2.32. The van der Waals surface area contributed by atoms with Gasteiger partial charge in [-0.15, -0.1) is 0 Å². The highest BCUT2D eigenvalue weighted by Crippen LogP contribution is 2.31. The molecule has 7 nitrogen and oxygen atoms in total. The van der Waals surface area contributed by atoms with Gasteiger partial charge >= 0.3 is 0 Å². The van der Waals surface area contributed by atoms with Gasteiger partial charge in [-0.3, -0.25) is 0 Å². The van der Waals surface area contributed by atoms with Gasteiger partial charge in [-0.05, 0) is 69.2 Å². The molecule has 2 aromatic heterocycles. The summed E-state index contributed by atoms with van der Waals surface area (Å²) in [5.41, 5.74) is 2.65. The van der Waals surface area contributed by atoms with Crippen LogP contribution in [0.5, 0.6) is 0 Å². The Hall–Kier alpha value is -2.69. The van der Waals surface area contributed by atoms with Crippen LogP contribution in [0.15, 0.2) is 30.5 Å². The van der Waals surface area contributed by atoms with Crippen molar-refractivity contribution in [3.8, 4) is 17.3 Å². The molecule has 1 aliphatic heterocycles. The normalized spacial score (nSPS) is 22.7. The molecule has 4 rings (SSSR count). The van der Waals surface area contributed by atoms with E-state index in [1.165, 1.54) is 6.42 Å². The average Bonchev–Trinajstić information content (AvgIpc) is 2.85. The Morgan fingerprint density at radius 2 is 2.09 bits per heavy atom. The van der Waals surface area contributed by atoms with Crippen LogP contribution in [0.3, 0.4) is 0 Å². The molecule has 2 aliphatic rings. The van der Waals surface area contributed by atoms with E-state index in [1.807, 2.05) is 24.4 Å². The van der Waals surface area contributed by atoms with Crippen molar-refractivity contribution in [1.29, 1.82) is 5.26 Å². The maximum atomic E-state index is 9.70. The predicted octanol–water partition coefficient (Wildman–Crippen LogP) is 4.55. The lowest BCUT2D eigenvalue weighted by Crippen LogP contribution is -2.34. The van der Waals surface area contributed by atoms with E-state index in [0.29, 0.717) is 31.9 Å². The second-order valence-electron chi connectivity index (χ2n) is 9.02. The third-order valence-corrected chi connectivity index (χ3v) is 6.73. The highest BCUT2D eigenvalue weighted by molar-refractivity contribution is 5.68. The van der Waals surface area contributed by atoms with E-state index in [0.717, 1.165) is 60.6 Å². The van der Waals surface area contributed by atoms with Crippen LogP contribution >= 0.6 is 0 Å². The fourth-order valence-electron chi connectivity index (χ4n) is 4.61. The van der Waals surface area contributed by atoms with E-state index in [9.17, 15) is 5.26 Å². The summed E-state index contributed by atoms with van der Waals surface area (Å²) in [6.07, 6.45) is 8.16. The number of nitrogens with one attached hydrogen (secondary N) is 2. The quantitative estimate of drug-likeness (QED) is 0.659. The molecule has 0 bridgehead atoms. The van der Waals surface area contributed by atoms with E-state index < -0.39 is 0 Å². The number of aryl methyl sites for hydroxylation is 1. The SMILES string of the molecule is CO[C@@H]1CCC[C@@H](Nc2cc(-c3cccc(NCC4(C#N)CCOCC4)n3)c(C)cn2)C1. The van der Waals surface area contributed by atoms with Gasteiger partial charge in [0, 0.05) is 44.7 Å². The predicted molar refractivity (Wildman–Crippen MR) is 125 cm³/mol. The Balaban J connectivity index is 1.47. The molecule has 0 radical (unpaired) electrons. The third-order valence-electron chi connectivity index (χ3n) is 6.73. The summed E-state index contributed by atoms with van der Waals surface area (Å²) in [4.78, 5) is 9.45. The molecular weight excluding hydrogens is 402 g/mol. The molecule has 0 aromatic carbocycles. The Morgan fingerprint density at radius 1 is 1.25 bits per heavy atom. The van der Waals surface area contributed by atoms with Crippen LogP contribution < -0.4 is 10.6 Å². The van der Waals surface area contributed by atoms with E-state index in [-0.39, 0.29) is 5.41 Å². The maximum Gasteiger partial charge on any atom is 0.126 e. The largest absolute Gasteiger partial charge is 0.381 e.